The molecule has 54 heavy (non-hydrogen) atoms. The van der Waals surface area contributed by atoms with Gasteiger partial charge in [0.15, 0.2) is 21.5 Å². The minimum atomic E-state index is -0.478. The predicted octanol–water partition coefficient (Wildman–Crippen LogP) is 7.53. The molecule has 1 unspecified atom stereocenters. The summed E-state index contributed by atoms with van der Waals surface area (Å²) in [7, 11) is 1.35. The number of hydrogen-bond acceptors (Lipinski definition) is 10. The third kappa shape index (κ3) is 15.1. The van der Waals surface area contributed by atoms with E-state index in [0.717, 1.165) is 42.1 Å². The summed E-state index contributed by atoms with van der Waals surface area (Å²) >= 11 is 11.7. The van der Waals surface area contributed by atoms with E-state index in [0.29, 0.717) is 18.6 Å². The molecule has 4 rings (SSSR count). The number of esters is 1. The van der Waals surface area contributed by atoms with Crippen molar-refractivity contribution in [3.8, 4) is 11.5 Å². The lowest BCUT2D eigenvalue weighted by Gasteiger charge is -2.21. The zero-order valence-electron chi connectivity index (χ0n) is 31.8. The molecule has 2 N–H and O–H groups in total. The van der Waals surface area contributed by atoms with Crippen molar-refractivity contribution in [3.63, 3.8) is 0 Å². The molecule has 0 saturated heterocycles. The van der Waals surface area contributed by atoms with Crippen LogP contribution in [0.1, 0.15) is 103 Å². The molecule has 0 fully saturated rings. The highest BCUT2D eigenvalue weighted by molar-refractivity contribution is 6.32. The summed E-state index contributed by atoms with van der Waals surface area (Å²) < 4.78 is 12.8. The van der Waals surface area contributed by atoms with Gasteiger partial charge in [-0.25, -0.2) is 14.2 Å². The van der Waals surface area contributed by atoms with Gasteiger partial charge in [-0.1, -0.05) is 67.0 Å². The van der Waals surface area contributed by atoms with Gasteiger partial charge in [0.05, 0.1) is 42.2 Å². The fourth-order valence-corrected chi connectivity index (χ4v) is 4.79. The Morgan fingerprint density at radius 1 is 0.796 bits per heavy atom. The summed E-state index contributed by atoms with van der Waals surface area (Å²) in [6.07, 6.45) is 5.17. The highest BCUT2D eigenvalue weighted by Crippen LogP contribution is 2.22. The summed E-state index contributed by atoms with van der Waals surface area (Å²) in [6, 6.07) is 15.1. The third-order valence-electron chi connectivity index (χ3n) is 7.47. The maximum Gasteiger partial charge on any atom is 0.337 e. The number of Topliss-reactive ketones (excluding diaryl/α,β-unsaturated/α-hetero) is 1. The topological polar surface area (TPSA) is 163 Å². The number of carbonyl (C=O) groups is 2. The zero-order valence-corrected chi connectivity index (χ0v) is 33.3. The highest BCUT2D eigenvalue weighted by atomic mass is 35.5. The number of ketones is 1. The number of aromatic nitrogens is 4. The Bertz CT molecular complexity index is 1930. The van der Waals surface area contributed by atoms with Crippen molar-refractivity contribution in [2.75, 3.05) is 7.11 Å². The van der Waals surface area contributed by atoms with E-state index in [1.54, 1.807) is 26.0 Å². The summed E-state index contributed by atoms with van der Waals surface area (Å²) in [4.78, 5) is 45.6. The van der Waals surface area contributed by atoms with Crippen LogP contribution in [0.2, 0.25) is 10.0 Å². The van der Waals surface area contributed by atoms with Crippen molar-refractivity contribution in [1.82, 2.24) is 19.6 Å². The molecule has 2 aromatic carbocycles. The Kier molecular flexibility index (Phi) is 18.8. The maximum absolute atomic E-state index is 12.3. The average Bonchev–Trinajstić information content (AvgIpc) is 3.09. The highest BCUT2D eigenvalue weighted by Gasteiger charge is 2.20. The number of methoxy groups -OCH3 is 1. The van der Waals surface area contributed by atoms with Crippen LogP contribution in [0.4, 0.5) is 0 Å². The molecule has 0 radical (unpaired) electrons. The van der Waals surface area contributed by atoms with E-state index in [9.17, 15) is 24.3 Å². The van der Waals surface area contributed by atoms with Gasteiger partial charge in [0, 0.05) is 6.42 Å². The minimum Gasteiger partial charge on any atom is -0.505 e. The number of aliphatic hydroxyl groups is 1. The zero-order chi connectivity index (χ0) is 40.1. The molecule has 4 aromatic rings. The fraction of sp³-hybridized carbons (Fsp3) is 0.450. The summed E-state index contributed by atoms with van der Waals surface area (Å²) in [6.45, 7) is 14.8. The Balaban J connectivity index is 0.000000432. The van der Waals surface area contributed by atoms with Gasteiger partial charge in [0.25, 0.3) is 11.1 Å². The molecule has 296 valence electrons. The van der Waals surface area contributed by atoms with Crippen LogP contribution in [0.15, 0.2) is 70.5 Å². The van der Waals surface area contributed by atoms with Crippen molar-refractivity contribution in [2.45, 2.75) is 112 Å². The number of hydrogen-bond donors (Lipinski definition) is 2. The second-order valence-corrected chi connectivity index (χ2v) is 15.1. The van der Waals surface area contributed by atoms with Gasteiger partial charge in [-0.3, -0.25) is 9.59 Å². The Morgan fingerprint density at radius 3 is 1.74 bits per heavy atom. The lowest BCUT2D eigenvalue weighted by atomic mass is 10.1. The number of aryl methyl sites for hydroxylation is 2. The third-order valence-corrected chi connectivity index (χ3v) is 8.17. The van der Waals surface area contributed by atoms with Crippen LogP contribution < -0.4 is 15.9 Å². The number of nitrogens with zero attached hydrogens (tertiary/aromatic N) is 4. The molecule has 0 aliphatic rings. The van der Waals surface area contributed by atoms with E-state index in [2.05, 4.69) is 14.9 Å². The normalized spacial score (nSPS) is 11.5. The first-order valence-corrected chi connectivity index (χ1v) is 17.7. The second kappa shape index (κ2) is 21.4. The monoisotopic (exact) mass is 788 g/mol. The molecule has 14 heteroatoms. The summed E-state index contributed by atoms with van der Waals surface area (Å²) in [5.41, 5.74) is 2.00. The number of ether oxygens (including phenoxy) is 2. The van der Waals surface area contributed by atoms with Gasteiger partial charge < -0.3 is 24.5 Å². The van der Waals surface area contributed by atoms with Crippen LogP contribution in [-0.4, -0.2) is 54.7 Å². The Labute approximate surface area is 327 Å². The van der Waals surface area contributed by atoms with Crippen LogP contribution in [0.25, 0.3) is 0 Å². The van der Waals surface area contributed by atoms with E-state index < -0.39 is 16.6 Å². The molecule has 0 aliphatic carbocycles. The quantitative estimate of drug-likeness (QED) is 0.154. The lowest BCUT2D eigenvalue weighted by Crippen LogP contribution is -2.36. The smallest absolute Gasteiger partial charge is 0.337 e. The summed E-state index contributed by atoms with van der Waals surface area (Å²) in [5, 5.41) is 26.2. The minimum absolute atomic E-state index is 0. The second-order valence-electron chi connectivity index (χ2n) is 14.3. The van der Waals surface area contributed by atoms with Gasteiger partial charge in [0.2, 0.25) is 0 Å². The van der Waals surface area contributed by atoms with Gasteiger partial charge >= 0.3 is 5.97 Å². The maximum atomic E-state index is 12.3. The fourth-order valence-electron chi connectivity index (χ4n) is 4.48. The first-order valence-electron chi connectivity index (χ1n) is 17.0. The van der Waals surface area contributed by atoms with Crippen LogP contribution >= 0.6 is 23.2 Å². The number of rotatable bonds is 10. The number of aromatic hydroxyl groups is 1. The molecule has 0 bridgehead atoms. The Morgan fingerprint density at radius 2 is 1.26 bits per heavy atom. The van der Waals surface area contributed by atoms with Gasteiger partial charge in [-0.15, -0.1) is 0 Å². The van der Waals surface area contributed by atoms with Crippen LogP contribution in [0, 0.1) is 0 Å². The standard InChI is InChI=1S/C19H25ClN2O3.C12H14O3.C8H11ClN2O2.CH4/c1-13(23)5-6-14-7-9-15(10-8-14)12-25-16-11-21-22(19(2,3)4)18(24)17(16)20;1-9(13)3-4-10-5-7-11(8-6-10)12(14)15-2;1-8(2,3)11-7(13)6(9)5(12)4-10-11;/h7-11,13,23H,5-6,12H2,1-4H3;5-8H,3-4H2,1-2H3;4,12H,1-3H3;1H4. The number of aliphatic hydroxyl groups excluding tert-OH is 1. The largest absolute Gasteiger partial charge is 0.505 e. The van der Waals surface area contributed by atoms with E-state index in [1.807, 2.05) is 77.9 Å². The van der Waals surface area contributed by atoms with Crippen molar-refractivity contribution in [3.05, 3.63) is 114 Å². The molecule has 1 atom stereocenters. The molecule has 12 nitrogen and oxygen atoms in total. The lowest BCUT2D eigenvalue weighted by molar-refractivity contribution is -0.116. The van der Waals surface area contributed by atoms with E-state index in [-0.39, 0.29) is 52.4 Å². The number of carbonyl (C=O) groups excluding carboxylic acids is 2. The van der Waals surface area contributed by atoms with Gasteiger partial charge in [0.1, 0.15) is 12.4 Å². The molecule has 2 heterocycles. The summed E-state index contributed by atoms with van der Waals surface area (Å²) in [5.74, 6) is -0.169. The van der Waals surface area contributed by atoms with Crippen molar-refractivity contribution < 1.29 is 29.3 Å². The first kappa shape index (κ1) is 47.5. The van der Waals surface area contributed by atoms with Crippen LogP contribution in [0.5, 0.6) is 11.5 Å². The van der Waals surface area contributed by atoms with Crippen LogP contribution in [-0.2, 0) is 40.1 Å². The predicted molar refractivity (Wildman–Crippen MR) is 213 cm³/mol. The van der Waals surface area contributed by atoms with Crippen molar-refractivity contribution in [1.29, 1.82) is 0 Å². The number of benzene rings is 2. The van der Waals surface area contributed by atoms with E-state index in [1.165, 1.54) is 22.7 Å². The molecule has 2 aromatic heterocycles. The molecular weight excluding hydrogens is 735 g/mol. The van der Waals surface area contributed by atoms with Gasteiger partial charge in [-0.05, 0) is 103 Å². The molecule has 0 spiro atoms. The van der Waals surface area contributed by atoms with E-state index >= 15 is 0 Å². The van der Waals surface area contributed by atoms with Crippen LogP contribution in [0.3, 0.4) is 0 Å². The molecule has 0 amide bonds. The SMILES string of the molecule is C.CC(C)(C)n1ncc(O)c(Cl)c1=O.CC(O)CCc1ccc(COc2cnn(C(C)(C)C)c(=O)c2Cl)cc1.COC(=O)c1ccc(CCC(C)=O)cc1. The Hall–Kier alpha value is -4.52. The average molecular weight is 790 g/mol. The first-order chi connectivity index (χ1) is 24.6. The molecular formula is C40H54Cl2N4O8. The molecule has 0 saturated carbocycles. The molecule has 0 aliphatic heterocycles. The van der Waals surface area contributed by atoms with Crippen molar-refractivity contribution in [2.24, 2.45) is 0 Å². The number of halogens is 2. The van der Waals surface area contributed by atoms with Gasteiger partial charge in [-0.2, -0.15) is 10.2 Å². The van der Waals surface area contributed by atoms with E-state index in [4.69, 9.17) is 33.0 Å². The van der Waals surface area contributed by atoms with Crippen molar-refractivity contribution >= 4 is 35.0 Å².